The molecule has 0 amide bonds. The number of nitrogens with zero attached hydrogens (tertiary/aromatic N) is 2. The van der Waals surface area contributed by atoms with Crippen molar-refractivity contribution in [2.75, 3.05) is 5.73 Å². The first kappa shape index (κ1) is 7.79. The van der Waals surface area contributed by atoms with Gasteiger partial charge in [0, 0.05) is 10.8 Å². The molecule has 4 nitrogen and oxygen atoms in total. The van der Waals surface area contributed by atoms with Gasteiger partial charge in [0.25, 0.3) is 0 Å². The molecule has 0 saturated heterocycles. The smallest absolute Gasteiger partial charge is 0.155 e. The minimum atomic E-state index is 0.258. The van der Waals surface area contributed by atoms with Crippen molar-refractivity contribution in [3.8, 4) is 0 Å². The molecule has 3 rings (SSSR count). The van der Waals surface area contributed by atoms with E-state index in [4.69, 9.17) is 5.73 Å². The van der Waals surface area contributed by atoms with Gasteiger partial charge in [-0.05, 0) is 18.9 Å². The number of aromatic nitrogens is 3. The molecule has 0 aliphatic heterocycles. The first-order chi connectivity index (χ1) is 6.69. The third-order valence-electron chi connectivity index (χ3n) is 3.01. The fraction of sp³-hybridized carbons (Fsp3) is 0.400. The van der Waals surface area contributed by atoms with Crippen LogP contribution in [0.15, 0.2) is 12.3 Å². The highest BCUT2D eigenvalue weighted by Gasteiger charge is 2.42. The van der Waals surface area contributed by atoms with Gasteiger partial charge in [-0.1, -0.05) is 6.92 Å². The molecule has 2 aromatic rings. The van der Waals surface area contributed by atoms with E-state index >= 15 is 0 Å². The Balaban J connectivity index is 2.29. The maximum atomic E-state index is 5.71. The van der Waals surface area contributed by atoms with Gasteiger partial charge >= 0.3 is 0 Å². The number of fused-ring (bicyclic) bond motifs is 1. The molecule has 0 spiro atoms. The Morgan fingerprint density at radius 3 is 3.00 bits per heavy atom. The molecular weight excluding hydrogens is 176 g/mol. The maximum absolute atomic E-state index is 5.71. The van der Waals surface area contributed by atoms with E-state index in [9.17, 15) is 0 Å². The van der Waals surface area contributed by atoms with E-state index in [1.54, 1.807) is 6.20 Å². The van der Waals surface area contributed by atoms with E-state index in [1.165, 1.54) is 12.8 Å². The quantitative estimate of drug-likeness (QED) is 0.714. The Labute approximate surface area is 81.5 Å². The Morgan fingerprint density at radius 1 is 1.50 bits per heavy atom. The summed E-state index contributed by atoms with van der Waals surface area (Å²) in [4.78, 5) is 4.20. The van der Waals surface area contributed by atoms with E-state index in [-0.39, 0.29) is 5.41 Å². The summed E-state index contributed by atoms with van der Waals surface area (Å²) in [5.41, 5.74) is 8.62. The predicted octanol–water partition coefficient (Wildman–Crippen LogP) is 1.59. The summed E-state index contributed by atoms with van der Waals surface area (Å²) in [5.74, 6) is 0. The van der Waals surface area contributed by atoms with Gasteiger partial charge in [-0.25, -0.2) is 4.98 Å². The van der Waals surface area contributed by atoms with Crippen molar-refractivity contribution in [1.29, 1.82) is 0 Å². The topological polar surface area (TPSA) is 67.6 Å². The summed E-state index contributed by atoms with van der Waals surface area (Å²) in [6.45, 7) is 2.23. The van der Waals surface area contributed by atoms with Crippen LogP contribution < -0.4 is 5.73 Å². The maximum Gasteiger partial charge on any atom is 0.155 e. The van der Waals surface area contributed by atoms with E-state index in [2.05, 4.69) is 22.1 Å². The van der Waals surface area contributed by atoms with Crippen LogP contribution in [0.4, 0.5) is 5.69 Å². The summed E-state index contributed by atoms with van der Waals surface area (Å²) in [5, 5.41) is 8.35. The summed E-state index contributed by atoms with van der Waals surface area (Å²) in [7, 11) is 0. The van der Waals surface area contributed by atoms with E-state index in [1.807, 2.05) is 6.07 Å². The van der Waals surface area contributed by atoms with Crippen molar-refractivity contribution < 1.29 is 0 Å². The van der Waals surface area contributed by atoms with Crippen molar-refractivity contribution in [3.05, 3.63) is 18.0 Å². The first-order valence-electron chi connectivity index (χ1n) is 4.79. The number of hydrogen-bond donors (Lipinski definition) is 2. The van der Waals surface area contributed by atoms with Crippen molar-refractivity contribution in [2.24, 2.45) is 0 Å². The lowest BCUT2D eigenvalue weighted by molar-refractivity contribution is 0.749. The Bertz CT molecular complexity index is 496. The number of nitrogen functional groups attached to an aromatic ring is 1. The number of hydrogen-bond acceptors (Lipinski definition) is 3. The van der Waals surface area contributed by atoms with Crippen LogP contribution in [0.25, 0.3) is 11.0 Å². The minimum Gasteiger partial charge on any atom is -0.397 e. The Morgan fingerprint density at radius 2 is 2.29 bits per heavy atom. The largest absolute Gasteiger partial charge is 0.397 e. The molecule has 1 saturated carbocycles. The van der Waals surface area contributed by atoms with Crippen LogP contribution in [-0.2, 0) is 5.41 Å². The molecule has 1 aliphatic carbocycles. The zero-order valence-corrected chi connectivity index (χ0v) is 8.04. The molecule has 0 aromatic carbocycles. The van der Waals surface area contributed by atoms with Crippen LogP contribution >= 0.6 is 0 Å². The number of H-pyrrole nitrogens is 1. The molecule has 2 aromatic heterocycles. The van der Waals surface area contributed by atoms with Gasteiger partial charge in [-0.2, -0.15) is 5.10 Å². The molecule has 1 aliphatic rings. The molecule has 0 radical (unpaired) electrons. The van der Waals surface area contributed by atoms with Gasteiger partial charge in [0.1, 0.15) is 0 Å². The first-order valence-corrected chi connectivity index (χ1v) is 4.79. The van der Waals surface area contributed by atoms with Gasteiger partial charge in [0.15, 0.2) is 5.65 Å². The average molecular weight is 188 g/mol. The van der Waals surface area contributed by atoms with Gasteiger partial charge < -0.3 is 5.73 Å². The summed E-state index contributed by atoms with van der Waals surface area (Å²) in [6.07, 6.45) is 4.07. The zero-order valence-electron chi connectivity index (χ0n) is 8.04. The molecule has 4 heteroatoms. The fourth-order valence-corrected chi connectivity index (χ4v) is 1.80. The molecule has 3 N–H and O–H groups in total. The number of pyridine rings is 1. The number of anilines is 1. The molecular formula is C10H12N4. The predicted molar refractivity (Wildman–Crippen MR) is 54.9 cm³/mol. The summed E-state index contributed by atoms with van der Waals surface area (Å²) in [6, 6.07) is 1.95. The van der Waals surface area contributed by atoms with Gasteiger partial charge in [0.2, 0.25) is 0 Å². The third-order valence-corrected chi connectivity index (χ3v) is 3.01. The van der Waals surface area contributed by atoms with Gasteiger partial charge in [0.05, 0.1) is 17.6 Å². The number of rotatable bonds is 1. The highest BCUT2D eigenvalue weighted by molar-refractivity contribution is 5.82. The number of aromatic amines is 1. The lowest BCUT2D eigenvalue weighted by atomic mass is 10.0. The van der Waals surface area contributed by atoms with Crippen molar-refractivity contribution in [1.82, 2.24) is 15.2 Å². The monoisotopic (exact) mass is 188 g/mol. The van der Waals surface area contributed by atoms with Crippen molar-refractivity contribution >= 4 is 16.7 Å². The second kappa shape index (κ2) is 2.26. The highest BCUT2D eigenvalue weighted by atomic mass is 15.2. The second-order valence-electron chi connectivity index (χ2n) is 4.30. The lowest BCUT2D eigenvalue weighted by Gasteiger charge is -2.03. The molecule has 0 unspecified atom stereocenters. The van der Waals surface area contributed by atoms with Crippen LogP contribution in [-0.4, -0.2) is 15.2 Å². The molecule has 0 atom stereocenters. The fourth-order valence-electron chi connectivity index (χ4n) is 1.80. The zero-order chi connectivity index (χ0) is 9.76. The molecule has 2 heterocycles. The van der Waals surface area contributed by atoms with Crippen LogP contribution in [0.1, 0.15) is 25.5 Å². The SMILES string of the molecule is CC1(c2n[nH]c3ncc(N)cc23)CC1. The van der Waals surface area contributed by atoms with Crippen LogP contribution in [0, 0.1) is 0 Å². The van der Waals surface area contributed by atoms with Gasteiger partial charge in [-0.3, -0.25) is 5.10 Å². The Hall–Kier alpha value is -1.58. The molecule has 0 bridgehead atoms. The minimum absolute atomic E-state index is 0.258. The summed E-state index contributed by atoms with van der Waals surface area (Å²) < 4.78 is 0. The highest BCUT2D eigenvalue weighted by Crippen LogP contribution is 2.48. The number of nitrogens with one attached hydrogen (secondary N) is 1. The van der Waals surface area contributed by atoms with Crippen molar-refractivity contribution in [2.45, 2.75) is 25.2 Å². The molecule has 14 heavy (non-hydrogen) atoms. The van der Waals surface area contributed by atoms with Crippen LogP contribution in [0.3, 0.4) is 0 Å². The van der Waals surface area contributed by atoms with Crippen LogP contribution in [0.2, 0.25) is 0 Å². The van der Waals surface area contributed by atoms with E-state index < -0.39 is 0 Å². The summed E-state index contributed by atoms with van der Waals surface area (Å²) >= 11 is 0. The van der Waals surface area contributed by atoms with Gasteiger partial charge in [-0.15, -0.1) is 0 Å². The normalized spacial score (nSPS) is 18.6. The molecule has 72 valence electrons. The van der Waals surface area contributed by atoms with E-state index in [0.29, 0.717) is 5.69 Å². The number of nitrogens with two attached hydrogens (primary N) is 1. The van der Waals surface area contributed by atoms with Crippen molar-refractivity contribution in [3.63, 3.8) is 0 Å². The van der Waals surface area contributed by atoms with Crippen LogP contribution in [0.5, 0.6) is 0 Å². The lowest BCUT2D eigenvalue weighted by Crippen LogP contribution is -2.00. The second-order valence-corrected chi connectivity index (χ2v) is 4.30. The molecule has 1 fully saturated rings. The average Bonchev–Trinajstić information content (AvgIpc) is 2.77. The Kier molecular flexibility index (Phi) is 1.26. The van der Waals surface area contributed by atoms with E-state index in [0.717, 1.165) is 16.7 Å². The standard InChI is InChI=1S/C10H12N4/c1-10(2-3-10)8-7-4-6(11)5-12-9(7)14-13-8/h4-5H,2-3,11H2,1H3,(H,12,13,14). The third kappa shape index (κ3) is 0.937.